The van der Waals surface area contributed by atoms with Crippen molar-refractivity contribution in [1.82, 2.24) is 0 Å². The molecule has 6 heteroatoms. The Morgan fingerprint density at radius 2 is 2.11 bits per heavy atom. The SMILES string of the molecule is COc1ccc(C(C)=O)c(OC2CCS(=O)(=O)C2)c1. The lowest BCUT2D eigenvalue weighted by Gasteiger charge is -2.15. The molecule has 1 heterocycles. The van der Waals surface area contributed by atoms with Gasteiger partial charge in [-0.1, -0.05) is 0 Å². The maximum absolute atomic E-state index is 11.5. The normalized spacial score (nSPS) is 21.1. The van der Waals surface area contributed by atoms with Crippen LogP contribution in [-0.2, 0) is 9.84 Å². The van der Waals surface area contributed by atoms with Crippen LogP contribution in [0.15, 0.2) is 18.2 Å². The first-order valence-corrected chi connectivity index (χ1v) is 7.79. The summed E-state index contributed by atoms with van der Waals surface area (Å²) in [6, 6.07) is 4.91. The van der Waals surface area contributed by atoms with Gasteiger partial charge >= 0.3 is 0 Å². The van der Waals surface area contributed by atoms with Gasteiger partial charge in [-0.05, 0) is 25.5 Å². The average Bonchev–Trinajstić information content (AvgIpc) is 2.68. The third-order valence-electron chi connectivity index (χ3n) is 3.05. The van der Waals surface area contributed by atoms with Crippen LogP contribution in [0.25, 0.3) is 0 Å². The van der Waals surface area contributed by atoms with E-state index in [0.29, 0.717) is 23.5 Å². The topological polar surface area (TPSA) is 69.7 Å². The summed E-state index contributed by atoms with van der Waals surface area (Å²) >= 11 is 0. The van der Waals surface area contributed by atoms with Crippen LogP contribution in [0.2, 0.25) is 0 Å². The molecule has 1 aliphatic rings. The maximum atomic E-state index is 11.5. The van der Waals surface area contributed by atoms with Crippen molar-refractivity contribution in [2.45, 2.75) is 19.4 Å². The van der Waals surface area contributed by atoms with Crippen molar-refractivity contribution >= 4 is 15.6 Å². The van der Waals surface area contributed by atoms with Crippen molar-refractivity contribution in [2.24, 2.45) is 0 Å². The summed E-state index contributed by atoms with van der Waals surface area (Å²) in [5, 5.41) is 0. The number of hydrogen-bond donors (Lipinski definition) is 0. The molecule has 0 N–H and O–H groups in total. The quantitative estimate of drug-likeness (QED) is 0.783. The summed E-state index contributed by atoms with van der Waals surface area (Å²) in [6.07, 6.45) is 0.0619. The van der Waals surface area contributed by atoms with Gasteiger partial charge in [0.1, 0.15) is 17.6 Å². The van der Waals surface area contributed by atoms with Crippen LogP contribution in [0.5, 0.6) is 11.5 Å². The number of carbonyl (C=O) groups is 1. The van der Waals surface area contributed by atoms with Crippen molar-refractivity contribution < 1.29 is 22.7 Å². The Morgan fingerprint density at radius 3 is 2.63 bits per heavy atom. The third-order valence-corrected chi connectivity index (χ3v) is 4.79. The van der Waals surface area contributed by atoms with E-state index in [4.69, 9.17) is 9.47 Å². The third kappa shape index (κ3) is 3.26. The van der Waals surface area contributed by atoms with Crippen LogP contribution in [-0.4, -0.2) is 38.9 Å². The zero-order chi connectivity index (χ0) is 14.0. The van der Waals surface area contributed by atoms with E-state index in [0.717, 1.165) is 0 Å². The van der Waals surface area contributed by atoms with Crippen LogP contribution >= 0.6 is 0 Å². The molecule has 0 aliphatic carbocycles. The summed E-state index contributed by atoms with van der Waals surface area (Å²) in [7, 11) is -1.49. The maximum Gasteiger partial charge on any atom is 0.163 e. The molecule has 1 fully saturated rings. The fourth-order valence-electron chi connectivity index (χ4n) is 2.05. The molecular weight excluding hydrogens is 268 g/mol. The Kier molecular flexibility index (Phi) is 3.80. The first-order chi connectivity index (χ1) is 8.91. The molecule has 104 valence electrons. The largest absolute Gasteiger partial charge is 0.497 e. The molecule has 1 atom stereocenters. The summed E-state index contributed by atoms with van der Waals surface area (Å²) in [4.78, 5) is 11.5. The number of Topliss-reactive ketones (excluding diaryl/α,β-unsaturated/α-hetero) is 1. The van der Waals surface area contributed by atoms with Gasteiger partial charge in [0.05, 0.1) is 24.2 Å². The second kappa shape index (κ2) is 5.21. The van der Waals surface area contributed by atoms with Gasteiger partial charge in [0, 0.05) is 6.07 Å². The summed E-state index contributed by atoms with van der Waals surface area (Å²) in [5.74, 6) is 0.965. The van der Waals surface area contributed by atoms with Crippen molar-refractivity contribution in [3.05, 3.63) is 23.8 Å². The molecule has 5 nitrogen and oxygen atoms in total. The molecule has 0 saturated carbocycles. The van der Waals surface area contributed by atoms with Crippen molar-refractivity contribution in [3.63, 3.8) is 0 Å². The molecule has 19 heavy (non-hydrogen) atoms. The van der Waals surface area contributed by atoms with Gasteiger partial charge in [-0.2, -0.15) is 0 Å². The molecule has 2 rings (SSSR count). The van der Waals surface area contributed by atoms with Crippen LogP contribution < -0.4 is 9.47 Å². The highest BCUT2D eigenvalue weighted by Crippen LogP contribution is 2.28. The molecule has 0 bridgehead atoms. The second-order valence-corrected chi connectivity index (χ2v) is 6.79. The van der Waals surface area contributed by atoms with Crippen LogP contribution in [0, 0.1) is 0 Å². The molecular formula is C13H16O5S. The molecule has 0 aromatic heterocycles. The van der Waals surface area contributed by atoms with Crippen molar-refractivity contribution in [2.75, 3.05) is 18.6 Å². The zero-order valence-corrected chi connectivity index (χ0v) is 11.7. The average molecular weight is 284 g/mol. The molecule has 1 saturated heterocycles. The van der Waals surface area contributed by atoms with Crippen LogP contribution in [0.3, 0.4) is 0 Å². The number of ketones is 1. The summed E-state index contributed by atoms with van der Waals surface area (Å²) < 4.78 is 33.6. The second-order valence-electron chi connectivity index (χ2n) is 4.56. The van der Waals surface area contributed by atoms with E-state index in [1.807, 2.05) is 0 Å². The molecule has 0 amide bonds. The van der Waals surface area contributed by atoms with E-state index < -0.39 is 15.9 Å². The summed E-state index contributed by atoms with van der Waals surface area (Å²) in [6.45, 7) is 1.44. The zero-order valence-electron chi connectivity index (χ0n) is 10.9. The molecule has 0 spiro atoms. The highest BCUT2D eigenvalue weighted by molar-refractivity contribution is 7.91. The van der Waals surface area contributed by atoms with E-state index in [9.17, 15) is 13.2 Å². The fraction of sp³-hybridized carbons (Fsp3) is 0.462. The van der Waals surface area contributed by atoms with Gasteiger partial charge in [-0.15, -0.1) is 0 Å². The number of sulfone groups is 1. The van der Waals surface area contributed by atoms with E-state index in [2.05, 4.69) is 0 Å². The van der Waals surface area contributed by atoms with Gasteiger partial charge in [0.15, 0.2) is 15.6 Å². The Labute approximate surface area is 112 Å². The van der Waals surface area contributed by atoms with Crippen LogP contribution in [0.1, 0.15) is 23.7 Å². The number of carbonyl (C=O) groups excluding carboxylic acids is 1. The standard InChI is InChI=1S/C13H16O5S/c1-9(14)12-4-3-10(17-2)7-13(12)18-11-5-6-19(15,16)8-11/h3-4,7,11H,5-6,8H2,1-2H3. The number of rotatable bonds is 4. The van der Waals surface area contributed by atoms with Crippen molar-refractivity contribution in [3.8, 4) is 11.5 Å². The predicted octanol–water partition coefficient (Wildman–Crippen LogP) is 1.46. The van der Waals surface area contributed by atoms with Gasteiger partial charge in [-0.25, -0.2) is 8.42 Å². The van der Waals surface area contributed by atoms with Gasteiger partial charge in [-0.3, -0.25) is 4.79 Å². The van der Waals surface area contributed by atoms with E-state index >= 15 is 0 Å². The van der Waals surface area contributed by atoms with Crippen molar-refractivity contribution in [1.29, 1.82) is 0 Å². The highest BCUT2D eigenvalue weighted by atomic mass is 32.2. The molecule has 1 unspecified atom stereocenters. The number of ether oxygens (including phenoxy) is 2. The minimum Gasteiger partial charge on any atom is -0.497 e. The molecule has 0 radical (unpaired) electrons. The lowest BCUT2D eigenvalue weighted by molar-refractivity contribution is 0.101. The first-order valence-electron chi connectivity index (χ1n) is 5.97. The van der Waals surface area contributed by atoms with Crippen LogP contribution in [0.4, 0.5) is 0 Å². The number of hydrogen-bond acceptors (Lipinski definition) is 5. The smallest absolute Gasteiger partial charge is 0.163 e. The summed E-state index contributed by atoms with van der Waals surface area (Å²) in [5.41, 5.74) is 0.435. The minimum absolute atomic E-state index is 0.00154. The van der Waals surface area contributed by atoms with E-state index in [1.165, 1.54) is 14.0 Å². The lowest BCUT2D eigenvalue weighted by Crippen LogP contribution is -2.19. The van der Waals surface area contributed by atoms with Gasteiger partial charge in [0.25, 0.3) is 0 Å². The predicted molar refractivity (Wildman–Crippen MR) is 70.7 cm³/mol. The first kappa shape index (κ1) is 13.9. The van der Waals surface area contributed by atoms with Gasteiger partial charge in [0.2, 0.25) is 0 Å². The monoisotopic (exact) mass is 284 g/mol. The molecule has 1 aliphatic heterocycles. The fourth-order valence-corrected chi connectivity index (χ4v) is 3.64. The highest BCUT2D eigenvalue weighted by Gasteiger charge is 2.30. The molecule has 1 aromatic carbocycles. The van der Waals surface area contributed by atoms with Gasteiger partial charge < -0.3 is 9.47 Å². The van der Waals surface area contributed by atoms with E-state index in [1.54, 1.807) is 18.2 Å². The Balaban J connectivity index is 2.25. The van der Waals surface area contributed by atoms with E-state index in [-0.39, 0.29) is 17.3 Å². The molecule has 1 aromatic rings. The number of benzene rings is 1. The Bertz CT molecular complexity index is 591. The Morgan fingerprint density at radius 1 is 1.37 bits per heavy atom. The Hall–Kier alpha value is -1.56. The number of methoxy groups -OCH3 is 1. The lowest BCUT2D eigenvalue weighted by atomic mass is 10.1. The minimum atomic E-state index is -3.01.